The molecule has 0 aliphatic heterocycles. The van der Waals surface area contributed by atoms with Crippen LogP contribution < -0.4 is 4.74 Å². The Kier molecular flexibility index (Phi) is 3.22. The van der Waals surface area contributed by atoms with Crippen molar-refractivity contribution in [1.82, 2.24) is 0 Å². The summed E-state index contributed by atoms with van der Waals surface area (Å²) in [7, 11) is 0. The van der Waals surface area contributed by atoms with Crippen molar-refractivity contribution in [1.29, 1.82) is 0 Å². The van der Waals surface area contributed by atoms with Crippen LogP contribution in [-0.4, -0.2) is 6.61 Å². The number of ether oxygens (including phenoxy) is 1. The third-order valence-corrected chi connectivity index (χ3v) is 1.50. The van der Waals surface area contributed by atoms with Crippen LogP contribution in [0.2, 0.25) is 0 Å². The quantitative estimate of drug-likeness (QED) is 0.487. The Bertz CT molecular complexity index is 283. The molecule has 0 radical (unpaired) electrons. The molecule has 0 bridgehead atoms. The van der Waals surface area contributed by atoms with Crippen LogP contribution in [0.25, 0.3) is 0 Å². The third-order valence-electron chi connectivity index (χ3n) is 1.50. The molecule has 0 saturated heterocycles. The Balaban J connectivity index is 2.48. The molecule has 0 aliphatic carbocycles. The second-order valence-corrected chi connectivity index (χ2v) is 2.62. The van der Waals surface area contributed by atoms with Crippen molar-refractivity contribution in [3.8, 4) is 18.1 Å². The van der Waals surface area contributed by atoms with Crippen LogP contribution in [0, 0.1) is 19.3 Å². The molecule has 0 aromatic heterocycles. The summed E-state index contributed by atoms with van der Waals surface area (Å²) in [5, 5.41) is 0. The van der Waals surface area contributed by atoms with Crippen LogP contribution in [-0.2, 0) is 0 Å². The highest BCUT2D eigenvalue weighted by Crippen LogP contribution is 2.12. The lowest BCUT2D eigenvalue weighted by molar-refractivity contribution is 0.327. The van der Waals surface area contributed by atoms with E-state index in [-0.39, 0.29) is 0 Å². The molecule has 0 heterocycles. The van der Waals surface area contributed by atoms with Gasteiger partial charge in [-0.15, -0.1) is 12.3 Å². The van der Waals surface area contributed by atoms with E-state index in [9.17, 15) is 0 Å². The molecule has 12 heavy (non-hydrogen) atoms. The molecule has 0 spiro atoms. The molecule has 0 aliphatic rings. The zero-order chi connectivity index (χ0) is 8.81. The monoisotopic (exact) mass is 160 g/mol. The van der Waals surface area contributed by atoms with E-state index in [4.69, 9.17) is 11.2 Å². The number of hydrogen-bond acceptors (Lipinski definition) is 1. The van der Waals surface area contributed by atoms with Crippen molar-refractivity contribution in [2.24, 2.45) is 0 Å². The van der Waals surface area contributed by atoms with Gasteiger partial charge in [-0.05, 0) is 24.6 Å². The third kappa shape index (κ3) is 2.67. The number of aryl methyl sites for hydroxylation is 1. The second kappa shape index (κ2) is 4.46. The van der Waals surface area contributed by atoms with E-state index in [1.165, 1.54) is 5.56 Å². The molecule has 0 N–H and O–H groups in total. The average molecular weight is 160 g/mol. The van der Waals surface area contributed by atoms with E-state index < -0.39 is 0 Å². The first-order valence-corrected chi connectivity index (χ1v) is 3.96. The van der Waals surface area contributed by atoms with Gasteiger partial charge in [0.15, 0.2) is 0 Å². The Labute approximate surface area is 73.4 Å². The van der Waals surface area contributed by atoms with Crippen LogP contribution in [0.15, 0.2) is 24.3 Å². The molecular weight excluding hydrogens is 148 g/mol. The number of terminal acetylenes is 1. The minimum absolute atomic E-state index is 0.597. The second-order valence-electron chi connectivity index (χ2n) is 2.62. The summed E-state index contributed by atoms with van der Waals surface area (Å²) in [5.74, 6) is 3.42. The average Bonchev–Trinajstić information content (AvgIpc) is 2.05. The van der Waals surface area contributed by atoms with Gasteiger partial charge in [-0.1, -0.05) is 12.1 Å². The fourth-order valence-corrected chi connectivity index (χ4v) is 0.933. The first-order valence-electron chi connectivity index (χ1n) is 3.96. The predicted molar refractivity (Wildman–Crippen MR) is 50.1 cm³/mol. The van der Waals surface area contributed by atoms with Crippen LogP contribution in [0.4, 0.5) is 0 Å². The summed E-state index contributed by atoms with van der Waals surface area (Å²) < 4.78 is 5.38. The predicted octanol–water partition coefficient (Wildman–Crippen LogP) is 2.40. The summed E-state index contributed by atoms with van der Waals surface area (Å²) in [4.78, 5) is 0. The summed E-state index contributed by atoms with van der Waals surface area (Å²) >= 11 is 0. The van der Waals surface area contributed by atoms with Crippen molar-refractivity contribution in [3.63, 3.8) is 0 Å². The van der Waals surface area contributed by atoms with Crippen molar-refractivity contribution in [2.75, 3.05) is 6.61 Å². The summed E-state index contributed by atoms with van der Waals surface area (Å²) in [6.07, 6.45) is 5.75. The number of rotatable bonds is 3. The van der Waals surface area contributed by atoms with Gasteiger partial charge in [0.25, 0.3) is 0 Å². The van der Waals surface area contributed by atoms with Gasteiger partial charge in [-0.25, -0.2) is 0 Å². The Morgan fingerprint density at radius 2 is 2.33 bits per heavy atom. The Morgan fingerprint density at radius 1 is 1.50 bits per heavy atom. The first kappa shape index (κ1) is 8.67. The Hall–Kier alpha value is -1.42. The maximum absolute atomic E-state index is 5.38. The summed E-state index contributed by atoms with van der Waals surface area (Å²) in [5.41, 5.74) is 1.20. The maximum Gasteiger partial charge on any atom is 0.119 e. The van der Waals surface area contributed by atoms with Crippen LogP contribution in [0.1, 0.15) is 12.0 Å². The summed E-state index contributed by atoms with van der Waals surface area (Å²) in [6.45, 7) is 2.63. The van der Waals surface area contributed by atoms with Crippen molar-refractivity contribution in [2.45, 2.75) is 13.3 Å². The van der Waals surface area contributed by atoms with E-state index in [1.807, 2.05) is 31.2 Å². The highest BCUT2D eigenvalue weighted by Gasteiger charge is 1.91. The highest BCUT2D eigenvalue weighted by molar-refractivity contribution is 5.27. The molecule has 1 heteroatoms. The van der Waals surface area contributed by atoms with Crippen LogP contribution in [0.5, 0.6) is 5.75 Å². The molecule has 0 saturated carbocycles. The van der Waals surface area contributed by atoms with Crippen LogP contribution >= 0.6 is 0 Å². The molecule has 0 atom stereocenters. The van der Waals surface area contributed by atoms with E-state index in [0.717, 1.165) is 5.75 Å². The molecule has 0 fully saturated rings. The van der Waals surface area contributed by atoms with Gasteiger partial charge in [0, 0.05) is 6.42 Å². The maximum atomic E-state index is 5.38. The lowest BCUT2D eigenvalue weighted by Gasteiger charge is -2.03. The standard InChI is InChI=1S/C11H12O/c1-3-4-8-12-11-7-5-6-10(2)9-11/h1,5-7,9H,4,8H2,2H3. The van der Waals surface area contributed by atoms with Gasteiger partial charge in [0.2, 0.25) is 0 Å². The lowest BCUT2D eigenvalue weighted by atomic mass is 10.2. The van der Waals surface area contributed by atoms with E-state index in [2.05, 4.69) is 5.92 Å². The largest absolute Gasteiger partial charge is 0.493 e. The number of benzene rings is 1. The fraction of sp³-hybridized carbons (Fsp3) is 0.273. The SMILES string of the molecule is C#CCCOc1cccc(C)c1. The molecule has 0 amide bonds. The van der Waals surface area contributed by atoms with E-state index >= 15 is 0 Å². The van der Waals surface area contributed by atoms with Gasteiger partial charge >= 0.3 is 0 Å². The lowest BCUT2D eigenvalue weighted by Crippen LogP contribution is -1.95. The van der Waals surface area contributed by atoms with Gasteiger partial charge < -0.3 is 4.74 Å². The van der Waals surface area contributed by atoms with Gasteiger partial charge in [0.05, 0.1) is 6.61 Å². The van der Waals surface area contributed by atoms with Crippen molar-refractivity contribution < 1.29 is 4.74 Å². The zero-order valence-corrected chi connectivity index (χ0v) is 7.21. The number of hydrogen-bond donors (Lipinski definition) is 0. The fourth-order valence-electron chi connectivity index (χ4n) is 0.933. The molecule has 1 nitrogen and oxygen atoms in total. The smallest absolute Gasteiger partial charge is 0.119 e. The Morgan fingerprint density at radius 3 is 3.00 bits per heavy atom. The van der Waals surface area contributed by atoms with E-state index in [1.54, 1.807) is 0 Å². The molecule has 1 aromatic rings. The minimum Gasteiger partial charge on any atom is -0.493 e. The molecule has 1 aromatic carbocycles. The molecular formula is C11H12O. The van der Waals surface area contributed by atoms with Crippen molar-refractivity contribution in [3.05, 3.63) is 29.8 Å². The zero-order valence-electron chi connectivity index (χ0n) is 7.21. The summed E-state index contributed by atoms with van der Waals surface area (Å²) in [6, 6.07) is 7.94. The topological polar surface area (TPSA) is 9.23 Å². The van der Waals surface area contributed by atoms with Gasteiger partial charge in [-0.2, -0.15) is 0 Å². The first-order chi connectivity index (χ1) is 5.83. The minimum atomic E-state index is 0.597. The van der Waals surface area contributed by atoms with Gasteiger partial charge in [0.1, 0.15) is 5.75 Å². The van der Waals surface area contributed by atoms with E-state index in [0.29, 0.717) is 13.0 Å². The molecule has 1 rings (SSSR count). The normalized spacial score (nSPS) is 9.00. The molecule has 0 unspecified atom stereocenters. The molecule has 62 valence electrons. The van der Waals surface area contributed by atoms with Crippen molar-refractivity contribution >= 4 is 0 Å². The van der Waals surface area contributed by atoms with Crippen LogP contribution in [0.3, 0.4) is 0 Å². The van der Waals surface area contributed by atoms with Gasteiger partial charge in [-0.3, -0.25) is 0 Å². The highest BCUT2D eigenvalue weighted by atomic mass is 16.5.